The summed E-state index contributed by atoms with van der Waals surface area (Å²) < 4.78 is 5.95. The molecule has 0 radical (unpaired) electrons. The zero-order chi connectivity index (χ0) is 14.5. The van der Waals surface area contributed by atoms with Gasteiger partial charge in [-0.25, -0.2) is 0 Å². The number of nitrogens with one attached hydrogen (secondary N) is 1. The molecule has 0 bridgehead atoms. The van der Waals surface area contributed by atoms with Gasteiger partial charge in [-0.15, -0.1) is 0 Å². The number of carbonyl (C=O) groups excluding carboxylic acids is 1. The summed E-state index contributed by atoms with van der Waals surface area (Å²) >= 11 is 0. The number of hydrogen-bond donors (Lipinski definition) is 1. The predicted molar refractivity (Wildman–Crippen MR) is 79.1 cm³/mol. The van der Waals surface area contributed by atoms with Crippen molar-refractivity contribution in [2.75, 3.05) is 13.1 Å². The Bertz CT molecular complexity index is 281. The van der Waals surface area contributed by atoms with Crippen molar-refractivity contribution in [3.63, 3.8) is 0 Å². The van der Waals surface area contributed by atoms with Crippen molar-refractivity contribution in [1.82, 2.24) is 5.32 Å². The van der Waals surface area contributed by atoms with Crippen LogP contribution in [0.1, 0.15) is 66.7 Å². The van der Waals surface area contributed by atoms with Crippen LogP contribution in [0.3, 0.4) is 0 Å². The second-order valence-corrected chi connectivity index (χ2v) is 6.36. The summed E-state index contributed by atoms with van der Waals surface area (Å²) in [6.07, 6.45) is 4.78. The Morgan fingerprint density at radius 1 is 1.11 bits per heavy atom. The normalized spacial score (nSPS) is 18.4. The van der Waals surface area contributed by atoms with Crippen LogP contribution in [0.25, 0.3) is 0 Å². The fourth-order valence-electron chi connectivity index (χ4n) is 3.13. The molecular weight excluding hydrogens is 238 g/mol. The fraction of sp³-hybridized carbons (Fsp3) is 0.938. The molecule has 1 saturated heterocycles. The molecule has 0 amide bonds. The molecule has 1 aliphatic rings. The third-order valence-corrected chi connectivity index (χ3v) is 5.14. The minimum absolute atomic E-state index is 0.00327. The molecule has 0 unspecified atom stereocenters. The Morgan fingerprint density at radius 3 is 2.00 bits per heavy atom. The summed E-state index contributed by atoms with van der Waals surface area (Å²) in [5.41, 5.74) is -0.631. The summed E-state index contributed by atoms with van der Waals surface area (Å²) in [4.78, 5) is 12.6. The van der Waals surface area contributed by atoms with Crippen LogP contribution in [0.5, 0.6) is 0 Å². The molecule has 1 aliphatic heterocycles. The summed E-state index contributed by atoms with van der Waals surface area (Å²) in [5.74, 6) is 0.476. The fourth-order valence-corrected chi connectivity index (χ4v) is 3.13. The number of carbonyl (C=O) groups is 1. The molecule has 1 rings (SSSR count). The van der Waals surface area contributed by atoms with Crippen molar-refractivity contribution in [2.45, 2.75) is 72.3 Å². The number of hydrogen-bond acceptors (Lipinski definition) is 3. The SMILES string of the molecule is CCC(CC)(CC)C(=O)OC(C)(C)C1CCNCC1. The third kappa shape index (κ3) is 3.71. The van der Waals surface area contributed by atoms with E-state index >= 15 is 0 Å². The quantitative estimate of drug-likeness (QED) is 0.750. The smallest absolute Gasteiger partial charge is 0.312 e. The van der Waals surface area contributed by atoms with Crippen molar-refractivity contribution in [3.8, 4) is 0 Å². The Morgan fingerprint density at radius 2 is 1.58 bits per heavy atom. The number of rotatable bonds is 6. The van der Waals surface area contributed by atoms with E-state index in [1.54, 1.807) is 0 Å². The summed E-state index contributed by atoms with van der Waals surface area (Å²) in [7, 11) is 0. The molecule has 3 heteroatoms. The second-order valence-electron chi connectivity index (χ2n) is 6.36. The van der Waals surface area contributed by atoms with Gasteiger partial charge in [0, 0.05) is 5.92 Å². The van der Waals surface area contributed by atoms with Crippen molar-refractivity contribution in [3.05, 3.63) is 0 Å². The lowest BCUT2D eigenvalue weighted by atomic mass is 9.78. The first-order valence-electron chi connectivity index (χ1n) is 7.86. The van der Waals surface area contributed by atoms with Crippen molar-refractivity contribution < 1.29 is 9.53 Å². The van der Waals surface area contributed by atoms with E-state index in [-0.39, 0.29) is 17.0 Å². The summed E-state index contributed by atoms with van der Waals surface area (Å²) in [6, 6.07) is 0. The number of ether oxygens (including phenoxy) is 1. The van der Waals surface area contributed by atoms with Gasteiger partial charge in [0.05, 0.1) is 5.41 Å². The first kappa shape index (κ1) is 16.5. The van der Waals surface area contributed by atoms with Gasteiger partial charge in [0.15, 0.2) is 0 Å². The van der Waals surface area contributed by atoms with Gasteiger partial charge in [-0.2, -0.15) is 0 Å². The minimum atomic E-state index is -0.343. The Kier molecular flexibility index (Phi) is 5.84. The van der Waals surface area contributed by atoms with E-state index in [0.717, 1.165) is 45.2 Å². The molecule has 0 spiro atoms. The molecule has 1 N–H and O–H groups in total. The highest BCUT2D eigenvalue weighted by molar-refractivity contribution is 5.77. The van der Waals surface area contributed by atoms with Crippen LogP contribution in [0.2, 0.25) is 0 Å². The Labute approximate surface area is 118 Å². The average Bonchev–Trinajstić information content (AvgIpc) is 2.42. The average molecular weight is 269 g/mol. The maximum atomic E-state index is 12.6. The molecule has 0 atom stereocenters. The predicted octanol–water partition coefficient (Wildman–Crippen LogP) is 3.52. The molecule has 3 nitrogen and oxygen atoms in total. The van der Waals surface area contributed by atoms with E-state index in [2.05, 4.69) is 39.9 Å². The van der Waals surface area contributed by atoms with Gasteiger partial charge in [-0.3, -0.25) is 4.79 Å². The largest absolute Gasteiger partial charge is 0.459 e. The Balaban J connectivity index is 2.72. The van der Waals surface area contributed by atoms with Crippen LogP contribution in [-0.4, -0.2) is 24.7 Å². The van der Waals surface area contributed by atoms with E-state index in [9.17, 15) is 4.79 Å². The first-order valence-corrected chi connectivity index (χ1v) is 7.86. The van der Waals surface area contributed by atoms with Gasteiger partial charge in [0.25, 0.3) is 0 Å². The van der Waals surface area contributed by atoms with E-state index in [0.29, 0.717) is 5.92 Å². The highest BCUT2D eigenvalue weighted by atomic mass is 16.6. The van der Waals surface area contributed by atoms with Crippen molar-refractivity contribution >= 4 is 5.97 Å². The van der Waals surface area contributed by atoms with E-state index in [1.807, 2.05) is 0 Å². The van der Waals surface area contributed by atoms with Gasteiger partial charge < -0.3 is 10.1 Å². The van der Waals surface area contributed by atoms with Crippen molar-refractivity contribution in [1.29, 1.82) is 0 Å². The van der Waals surface area contributed by atoms with Gasteiger partial charge >= 0.3 is 5.97 Å². The van der Waals surface area contributed by atoms with Crippen LogP contribution in [0, 0.1) is 11.3 Å². The van der Waals surface area contributed by atoms with E-state index < -0.39 is 0 Å². The van der Waals surface area contributed by atoms with Gasteiger partial charge in [-0.05, 0) is 59.0 Å². The van der Waals surface area contributed by atoms with Crippen LogP contribution >= 0.6 is 0 Å². The maximum absolute atomic E-state index is 12.6. The molecule has 0 aliphatic carbocycles. The molecule has 19 heavy (non-hydrogen) atoms. The van der Waals surface area contributed by atoms with Crippen LogP contribution in [0.4, 0.5) is 0 Å². The summed E-state index contributed by atoms with van der Waals surface area (Å²) in [6.45, 7) is 12.5. The van der Waals surface area contributed by atoms with Crippen molar-refractivity contribution in [2.24, 2.45) is 11.3 Å². The zero-order valence-corrected chi connectivity index (χ0v) is 13.3. The van der Waals surface area contributed by atoms with Gasteiger partial charge in [0.2, 0.25) is 0 Å². The second kappa shape index (κ2) is 6.74. The highest BCUT2D eigenvalue weighted by Crippen LogP contribution is 2.36. The molecule has 1 heterocycles. The molecule has 1 fully saturated rings. The molecular formula is C16H31NO2. The van der Waals surface area contributed by atoms with Crippen LogP contribution in [0.15, 0.2) is 0 Å². The van der Waals surface area contributed by atoms with Crippen LogP contribution < -0.4 is 5.32 Å². The number of esters is 1. The zero-order valence-electron chi connectivity index (χ0n) is 13.3. The third-order valence-electron chi connectivity index (χ3n) is 5.14. The lowest BCUT2D eigenvalue weighted by Crippen LogP contribution is -2.45. The molecule has 0 aromatic heterocycles. The van der Waals surface area contributed by atoms with Gasteiger partial charge in [-0.1, -0.05) is 20.8 Å². The molecule has 0 aromatic rings. The topological polar surface area (TPSA) is 38.3 Å². The van der Waals surface area contributed by atoms with Crippen LogP contribution in [-0.2, 0) is 9.53 Å². The standard InChI is InChI=1S/C16H31NO2/c1-6-16(7-2,8-3)14(18)19-15(4,5)13-9-11-17-12-10-13/h13,17H,6-12H2,1-5H3. The Hall–Kier alpha value is -0.570. The molecule has 0 saturated carbocycles. The number of piperidine rings is 1. The highest BCUT2D eigenvalue weighted by Gasteiger charge is 2.41. The molecule has 0 aromatic carbocycles. The van der Waals surface area contributed by atoms with E-state index in [4.69, 9.17) is 4.74 Å². The lowest BCUT2D eigenvalue weighted by molar-refractivity contribution is -0.176. The maximum Gasteiger partial charge on any atom is 0.312 e. The van der Waals surface area contributed by atoms with E-state index in [1.165, 1.54) is 0 Å². The monoisotopic (exact) mass is 269 g/mol. The summed E-state index contributed by atoms with van der Waals surface area (Å²) in [5, 5.41) is 3.36. The lowest BCUT2D eigenvalue weighted by Gasteiger charge is -2.40. The first-order chi connectivity index (χ1) is 8.91. The minimum Gasteiger partial charge on any atom is -0.459 e. The van der Waals surface area contributed by atoms with Gasteiger partial charge in [0.1, 0.15) is 5.60 Å². The molecule has 112 valence electrons.